The van der Waals surface area contributed by atoms with Gasteiger partial charge in [0, 0.05) is 6.61 Å². The van der Waals surface area contributed by atoms with E-state index in [9.17, 15) is 4.79 Å². The monoisotopic (exact) mass is 226 g/mol. The first-order chi connectivity index (χ1) is 7.46. The maximum absolute atomic E-state index is 12.2. The van der Waals surface area contributed by atoms with Crippen LogP contribution in [0.15, 0.2) is 0 Å². The minimum Gasteiger partial charge on any atom is -0.376 e. The molecule has 1 aliphatic heterocycles. The second kappa shape index (κ2) is 4.00. The van der Waals surface area contributed by atoms with Crippen molar-refractivity contribution in [3.63, 3.8) is 0 Å². The zero-order chi connectivity index (χ0) is 11.8. The second-order valence-electron chi connectivity index (χ2n) is 5.50. The molecule has 16 heavy (non-hydrogen) atoms. The van der Waals surface area contributed by atoms with Crippen LogP contribution in [0.25, 0.3) is 0 Å². The Morgan fingerprint density at radius 1 is 1.38 bits per heavy atom. The zero-order valence-corrected chi connectivity index (χ0v) is 10.2. The van der Waals surface area contributed by atoms with Crippen molar-refractivity contribution in [3.05, 3.63) is 0 Å². The summed E-state index contributed by atoms with van der Waals surface area (Å²) in [6.45, 7) is 4.77. The molecule has 3 N–H and O–H groups in total. The fourth-order valence-corrected chi connectivity index (χ4v) is 2.62. The van der Waals surface area contributed by atoms with Crippen LogP contribution in [0.1, 0.15) is 46.0 Å². The van der Waals surface area contributed by atoms with E-state index in [4.69, 9.17) is 10.5 Å². The molecule has 2 unspecified atom stereocenters. The molecule has 2 fully saturated rings. The molecule has 1 saturated carbocycles. The molecule has 4 heteroatoms. The van der Waals surface area contributed by atoms with Crippen LogP contribution in [-0.4, -0.2) is 29.7 Å². The van der Waals surface area contributed by atoms with E-state index < -0.39 is 5.54 Å². The average Bonchev–Trinajstić information content (AvgIpc) is 2.77. The number of hydrogen-bond acceptors (Lipinski definition) is 3. The van der Waals surface area contributed by atoms with Crippen LogP contribution < -0.4 is 11.1 Å². The second-order valence-corrected chi connectivity index (χ2v) is 5.50. The number of ether oxygens (including phenoxy) is 1. The molecule has 92 valence electrons. The molecule has 1 aliphatic carbocycles. The highest BCUT2D eigenvalue weighted by Crippen LogP contribution is 2.30. The van der Waals surface area contributed by atoms with Crippen LogP contribution in [0, 0.1) is 0 Å². The van der Waals surface area contributed by atoms with E-state index in [1.807, 2.05) is 13.8 Å². The van der Waals surface area contributed by atoms with Crippen molar-refractivity contribution in [2.75, 3.05) is 6.61 Å². The van der Waals surface area contributed by atoms with Gasteiger partial charge >= 0.3 is 0 Å². The van der Waals surface area contributed by atoms with Crippen LogP contribution >= 0.6 is 0 Å². The number of amides is 1. The maximum atomic E-state index is 12.2. The van der Waals surface area contributed by atoms with Gasteiger partial charge in [0.15, 0.2) is 0 Å². The first kappa shape index (κ1) is 11.9. The van der Waals surface area contributed by atoms with E-state index in [-0.39, 0.29) is 17.6 Å². The van der Waals surface area contributed by atoms with E-state index in [1.54, 1.807) is 0 Å². The number of hydrogen-bond donors (Lipinski definition) is 2. The van der Waals surface area contributed by atoms with Gasteiger partial charge in [0.1, 0.15) is 0 Å². The minimum atomic E-state index is -0.634. The van der Waals surface area contributed by atoms with E-state index in [0.717, 1.165) is 38.7 Å². The Morgan fingerprint density at radius 2 is 2.00 bits per heavy atom. The molecule has 4 nitrogen and oxygen atoms in total. The third-order valence-electron chi connectivity index (χ3n) is 4.23. The van der Waals surface area contributed by atoms with Crippen molar-refractivity contribution in [3.8, 4) is 0 Å². The molecule has 1 heterocycles. The lowest BCUT2D eigenvalue weighted by atomic mass is 9.91. The Morgan fingerprint density at radius 3 is 2.50 bits per heavy atom. The first-order valence-electron chi connectivity index (χ1n) is 6.19. The lowest BCUT2D eigenvalue weighted by molar-refractivity contribution is -0.128. The summed E-state index contributed by atoms with van der Waals surface area (Å²) in [5.74, 6) is 0.00449. The molecule has 2 rings (SSSR count). The third-order valence-corrected chi connectivity index (χ3v) is 4.23. The molecule has 1 saturated heterocycles. The number of nitrogens with one attached hydrogen (secondary N) is 1. The summed E-state index contributed by atoms with van der Waals surface area (Å²) in [6.07, 6.45) is 4.69. The molecule has 1 amide bonds. The van der Waals surface area contributed by atoms with Crippen molar-refractivity contribution in [1.29, 1.82) is 0 Å². The largest absolute Gasteiger partial charge is 0.376 e. The van der Waals surface area contributed by atoms with E-state index in [0.29, 0.717) is 0 Å². The van der Waals surface area contributed by atoms with Gasteiger partial charge in [0.2, 0.25) is 5.91 Å². The molecular formula is C12H22N2O2. The maximum Gasteiger partial charge on any atom is 0.240 e. The van der Waals surface area contributed by atoms with Gasteiger partial charge in [-0.3, -0.25) is 4.79 Å². The minimum absolute atomic E-state index is 0.00449. The van der Waals surface area contributed by atoms with Crippen LogP contribution in [0.2, 0.25) is 0 Å². The fourth-order valence-electron chi connectivity index (χ4n) is 2.62. The first-order valence-corrected chi connectivity index (χ1v) is 6.19. The summed E-state index contributed by atoms with van der Waals surface area (Å²) < 4.78 is 5.51. The highest BCUT2D eigenvalue weighted by Gasteiger charge is 2.44. The molecule has 0 spiro atoms. The van der Waals surface area contributed by atoms with Crippen molar-refractivity contribution >= 4 is 5.91 Å². The molecule has 2 aliphatic rings. The molecule has 2 atom stereocenters. The standard InChI is InChI=1S/C12H22N2O2/c1-9-11(2,7-8-16-9)14-10(15)12(13)5-3-4-6-12/h9H,3-8,13H2,1-2H3,(H,14,15). The molecular weight excluding hydrogens is 204 g/mol. The molecule has 0 aromatic rings. The Kier molecular flexibility index (Phi) is 2.97. The Balaban J connectivity index is 2.01. The van der Waals surface area contributed by atoms with Gasteiger partial charge in [-0.1, -0.05) is 12.8 Å². The number of carbonyl (C=O) groups excluding carboxylic acids is 1. The summed E-state index contributed by atoms with van der Waals surface area (Å²) >= 11 is 0. The number of rotatable bonds is 2. The summed E-state index contributed by atoms with van der Waals surface area (Å²) in [4.78, 5) is 12.2. The van der Waals surface area contributed by atoms with E-state index in [2.05, 4.69) is 5.32 Å². The van der Waals surface area contributed by atoms with E-state index >= 15 is 0 Å². The summed E-state index contributed by atoms with van der Waals surface area (Å²) in [5, 5.41) is 3.10. The van der Waals surface area contributed by atoms with Crippen molar-refractivity contribution in [2.24, 2.45) is 5.73 Å². The van der Waals surface area contributed by atoms with Gasteiger partial charge < -0.3 is 15.8 Å². The van der Waals surface area contributed by atoms with Crippen molar-refractivity contribution in [1.82, 2.24) is 5.32 Å². The lowest BCUT2D eigenvalue weighted by Crippen LogP contribution is -2.60. The van der Waals surface area contributed by atoms with Crippen LogP contribution in [0.4, 0.5) is 0 Å². The Hall–Kier alpha value is -0.610. The summed E-state index contributed by atoms with van der Waals surface area (Å²) in [6, 6.07) is 0. The van der Waals surface area contributed by atoms with Crippen molar-refractivity contribution < 1.29 is 9.53 Å². The summed E-state index contributed by atoms with van der Waals surface area (Å²) in [7, 11) is 0. The van der Waals surface area contributed by atoms with Crippen LogP contribution in [0.3, 0.4) is 0 Å². The smallest absolute Gasteiger partial charge is 0.240 e. The number of carbonyl (C=O) groups is 1. The Bertz CT molecular complexity index is 287. The predicted molar refractivity (Wildman–Crippen MR) is 62.0 cm³/mol. The molecule has 0 aromatic carbocycles. The highest BCUT2D eigenvalue weighted by atomic mass is 16.5. The average molecular weight is 226 g/mol. The normalized spacial score (nSPS) is 37.6. The lowest BCUT2D eigenvalue weighted by Gasteiger charge is -2.33. The van der Waals surface area contributed by atoms with Gasteiger partial charge in [0.25, 0.3) is 0 Å². The fraction of sp³-hybridized carbons (Fsp3) is 0.917. The molecule has 0 bridgehead atoms. The van der Waals surface area contributed by atoms with Gasteiger partial charge in [-0.2, -0.15) is 0 Å². The van der Waals surface area contributed by atoms with Crippen LogP contribution in [-0.2, 0) is 9.53 Å². The Labute approximate surface area is 96.9 Å². The third kappa shape index (κ3) is 1.96. The van der Waals surface area contributed by atoms with E-state index in [1.165, 1.54) is 0 Å². The van der Waals surface area contributed by atoms with Crippen molar-refractivity contribution in [2.45, 2.75) is 63.1 Å². The highest BCUT2D eigenvalue weighted by molar-refractivity contribution is 5.87. The topological polar surface area (TPSA) is 64.3 Å². The quantitative estimate of drug-likeness (QED) is 0.736. The van der Waals surface area contributed by atoms with Crippen LogP contribution in [0.5, 0.6) is 0 Å². The summed E-state index contributed by atoms with van der Waals surface area (Å²) in [5.41, 5.74) is 5.25. The van der Waals surface area contributed by atoms with Gasteiger partial charge in [-0.15, -0.1) is 0 Å². The molecule has 0 radical (unpaired) electrons. The number of nitrogens with two attached hydrogens (primary N) is 1. The SMILES string of the molecule is CC1OCCC1(C)NC(=O)C1(N)CCCC1. The molecule has 0 aromatic heterocycles. The predicted octanol–water partition coefficient (Wildman–Crippen LogP) is 0.942. The van der Waals surface area contributed by atoms with Gasteiger partial charge in [0.05, 0.1) is 17.2 Å². The van der Waals surface area contributed by atoms with Gasteiger partial charge in [-0.05, 0) is 33.1 Å². The zero-order valence-electron chi connectivity index (χ0n) is 10.2. The van der Waals surface area contributed by atoms with Gasteiger partial charge in [-0.25, -0.2) is 0 Å².